The van der Waals surface area contributed by atoms with Crippen LogP contribution >= 0.6 is 0 Å². The SMILES string of the molecule is CC(C)(CN)C(=O)Nc1ccc(N2CCNC2=O)cc1. The van der Waals surface area contributed by atoms with Crippen molar-refractivity contribution in [2.75, 3.05) is 29.9 Å². The Labute approximate surface area is 118 Å². The van der Waals surface area contributed by atoms with Gasteiger partial charge in [-0.05, 0) is 38.1 Å². The quantitative estimate of drug-likeness (QED) is 0.770. The molecule has 0 bridgehead atoms. The molecule has 1 fully saturated rings. The fraction of sp³-hybridized carbons (Fsp3) is 0.429. The molecule has 108 valence electrons. The van der Waals surface area contributed by atoms with Gasteiger partial charge in [0.05, 0.1) is 5.41 Å². The number of hydrogen-bond donors (Lipinski definition) is 3. The van der Waals surface area contributed by atoms with Gasteiger partial charge in [-0.3, -0.25) is 9.69 Å². The van der Waals surface area contributed by atoms with Gasteiger partial charge in [0.1, 0.15) is 0 Å². The van der Waals surface area contributed by atoms with Crippen LogP contribution in [0.2, 0.25) is 0 Å². The lowest BCUT2D eigenvalue weighted by atomic mass is 9.92. The first-order chi connectivity index (χ1) is 9.44. The summed E-state index contributed by atoms with van der Waals surface area (Å²) in [4.78, 5) is 25.2. The summed E-state index contributed by atoms with van der Waals surface area (Å²) in [7, 11) is 0. The number of nitrogens with two attached hydrogens (primary N) is 1. The average Bonchev–Trinajstić information content (AvgIpc) is 2.86. The van der Waals surface area contributed by atoms with Crippen molar-refractivity contribution >= 4 is 23.3 Å². The topological polar surface area (TPSA) is 87.5 Å². The molecule has 0 radical (unpaired) electrons. The summed E-state index contributed by atoms with van der Waals surface area (Å²) in [6, 6.07) is 7.11. The van der Waals surface area contributed by atoms with Gasteiger partial charge < -0.3 is 16.4 Å². The van der Waals surface area contributed by atoms with Crippen LogP contribution in [0, 0.1) is 5.41 Å². The molecule has 20 heavy (non-hydrogen) atoms. The van der Waals surface area contributed by atoms with Crippen molar-refractivity contribution in [3.05, 3.63) is 24.3 Å². The van der Waals surface area contributed by atoms with E-state index in [0.717, 1.165) is 5.69 Å². The highest BCUT2D eigenvalue weighted by molar-refractivity contribution is 5.96. The molecule has 6 nitrogen and oxygen atoms in total. The normalized spacial score (nSPS) is 15.2. The minimum atomic E-state index is -0.604. The first kappa shape index (κ1) is 14.3. The largest absolute Gasteiger partial charge is 0.336 e. The highest BCUT2D eigenvalue weighted by atomic mass is 16.2. The van der Waals surface area contributed by atoms with E-state index in [2.05, 4.69) is 10.6 Å². The second-order valence-corrected chi connectivity index (χ2v) is 5.47. The first-order valence-electron chi connectivity index (χ1n) is 6.61. The van der Waals surface area contributed by atoms with Crippen molar-refractivity contribution in [2.45, 2.75) is 13.8 Å². The minimum Gasteiger partial charge on any atom is -0.336 e. The van der Waals surface area contributed by atoms with Crippen molar-refractivity contribution in [3.63, 3.8) is 0 Å². The van der Waals surface area contributed by atoms with Crippen LogP contribution in [0.4, 0.5) is 16.2 Å². The van der Waals surface area contributed by atoms with Crippen LogP contribution < -0.4 is 21.3 Å². The zero-order valence-electron chi connectivity index (χ0n) is 11.8. The Balaban J connectivity index is 2.05. The molecule has 1 saturated heterocycles. The molecule has 0 atom stereocenters. The molecule has 0 aliphatic carbocycles. The summed E-state index contributed by atoms with van der Waals surface area (Å²) in [5.41, 5.74) is 6.48. The van der Waals surface area contributed by atoms with E-state index in [1.807, 2.05) is 12.1 Å². The van der Waals surface area contributed by atoms with E-state index in [-0.39, 0.29) is 18.5 Å². The monoisotopic (exact) mass is 276 g/mol. The van der Waals surface area contributed by atoms with Gasteiger partial charge in [-0.1, -0.05) is 0 Å². The molecule has 2 rings (SSSR count). The third kappa shape index (κ3) is 2.91. The fourth-order valence-electron chi connectivity index (χ4n) is 1.84. The van der Waals surface area contributed by atoms with Crippen molar-refractivity contribution < 1.29 is 9.59 Å². The van der Waals surface area contributed by atoms with Gasteiger partial charge in [0, 0.05) is 31.0 Å². The van der Waals surface area contributed by atoms with Crippen molar-refractivity contribution in [1.82, 2.24) is 5.32 Å². The molecule has 0 saturated carbocycles. The molecule has 0 spiro atoms. The Morgan fingerprint density at radius 2 is 2.05 bits per heavy atom. The van der Waals surface area contributed by atoms with Gasteiger partial charge in [-0.25, -0.2) is 4.79 Å². The molecule has 3 amide bonds. The van der Waals surface area contributed by atoms with Crippen LogP contribution in [-0.4, -0.2) is 31.6 Å². The molecule has 1 aliphatic heterocycles. The van der Waals surface area contributed by atoms with Gasteiger partial charge in [0.15, 0.2) is 0 Å². The molecular weight excluding hydrogens is 256 g/mol. The van der Waals surface area contributed by atoms with Gasteiger partial charge in [0.25, 0.3) is 0 Å². The van der Waals surface area contributed by atoms with Gasteiger partial charge >= 0.3 is 6.03 Å². The lowest BCUT2D eigenvalue weighted by Gasteiger charge is -2.21. The van der Waals surface area contributed by atoms with Crippen LogP contribution in [0.1, 0.15) is 13.8 Å². The number of hydrogen-bond acceptors (Lipinski definition) is 3. The van der Waals surface area contributed by atoms with Crippen molar-refractivity contribution in [1.29, 1.82) is 0 Å². The van der Waals surface area contributed by atoms with Crippen LogP contribution in [0.5, 0.6) is 0 Å². The molecule has 1 heterocycles. The number of rotatable bonds is 4. The van der Waals surface area contributed by atoms with Gasteiger partial charge in [-0.15, -0.1) is 0 Å². The maximum atomic E-state index is 12.0. The first-order valence-corrected chi connectivity index (χ1v) is 6.61. The lowest BCUT2D eigenvalue weighted by Crippen LogP contribution is -2.37. The number of amides is 3. The maximum absolute atomic E-state index is 12.0. The number of carbonyl (C=O) groups excluding carboxylic acids is 2. The number of benzene rings is 1. The second-order valence-electron chi connectivity index (χ2n) is 5.47. The van der Waals surface area contributed by atoms with E-state index < -0.39 is 5.41 Å². The van der Waals surface area contributed by atoms with E-state index in [9.17, 15) is 9.59 Å². The molecule has 0 aromatic heterocycles. The molecular formula is C14H20N4O2. The Hall–Kier alpha value is -2.08. The Bertz CT molecular complexity index is 510. The maximum Gasteiger partial charge on any atom is 0.321 e. The van der Waals surface area contributed by atoms with Crippen molar-refractivity contribution in [2.24, 2.45) is 11.1 Å². The standard InChI is InChI=1S/C14H20N4O2/c1-14(2,9-15)12(19)17-10-3-5-11(6-4-10)18-8-7-16-13(18)20/h3-6H,7-9,15H2,1-2H3,(H,16,20)(H,17,19). The van der Waals surface area contributed by atoms with Gasteiger partial charge in [0.2, 0.25) is 5.91 Å². The molecule has 6 heteroatoms. The lowest BCUT2D eigenvalue weighted by molar-refractivity contribution is -0.123. The predicted octanol–water partition coefficient (Wildman–Crippen LogP) is 1.14. The van der Waals surface area contributed by atoms with Crippen LogP contribution in [0.3, 0.4) is 0 Å². The molecule has 0 unspecified atom stereocenters. The third-order valence-electron chi connectivity index (χ3n) is 3.42. The summed E-state index contributed by atoms with van der Waals surface area (Å²) in [5.74, 6) is -0.119. The van der Waals surface area contributed by atoms with E-state index in [1.165, 1.54) is 0 Å². The van der Waals surface area contributed by atoms with Gasteiger partial charge in [-0.2, -0.15) is 0 Å². The van der Waals surface area contributed by atoms with Crippen LogP contribution in [-0.2, 0) is 4.79 Å². The predicted molar refractivity (Wildman–Crippen MR) is 78.7 cm³/mol. The number of carbonyl (C=O) groups is 2. The van der Waals surface area contributed by atoms with E-state index in [4.69, 9.17) is 5.73 Å². The third-order valence-corrected chi connectivity index (χ3v) is 3.42. The summed E-state index contributed by atoms with van der Waals surface area (Å²) >= 11 is 0. The number of nitrogens with zero attached hydrogens (tertiary/aromatic N) is 1. The number of nitrogens with one attached hydrogen (secondary N) is 2. The average molecular weight is 276 g/mol. The molecule has 1 aromatic carbocycles. The van der Waals surface area contributed by atoms with E-state index in [1.54, 1.807) is 30.9 Å². The smallest absolute Gasteiger partial charge is 0.321 e. The number of anilines is 2. The zero-order valence-corrected chi connectivity index (χ0v) is 11.8. The minimum absolute atomic E-state index is 0.0916. The van der Waals surface area contributed by atoms with Crippen molar-refractivity contribution in [3.8, 4) is 0 Å². The molecule has 4 N–H and O–H groups in total. The van der Waals surface area contributed by atoms with Crippen LogP contribution in [0.25, 0.3) is 0 Å². The highest BCUT2D eigenvalue weighted by Gasteiger charge is 2.26. The fourth-order valence-corrected chi connectivity index (χ4v) is 1.84. The summed E-state index contributed by atoms with van der Waals surface area (Å²) in [6.07, 6.45) is 0. The Morgan fingerprint density at radius 3 is 2.55 bits per heavy atom. The zero-order chi connectivity index (χ0) is 14.8. The summed E-state index contributed by atoms with van der Waals surface area (Å²) < 4.78 is 0. The second kappa shape index (κ2) is 5.50. The molecule has 1 aliphatic rings. The highest BCUT2D eigenvalue weighted by Crippen LogP contribution is 2.21. The Morgan fingerprint density at radius 1 is 1.40 bits per heavy atom. The van der Waals surface area contributed by atoms with E-state index in [0.29, 0.717) is 18.8 Å². The molecule has 1 aromatic rings. The summed E-state index contributed by atoms with van der Waals surface area (Å²) in [6.45, 7) is 5.19. The van der Waals surface area contributed by atoms with Crippen LogP contribution in [0.15, 0.2) is 24.3 Å². The summed E-state index contributed by atoms with van der Waals surface area (Å²) in [5, 5.41) is 5.57. The Kier molecular flexibility index (Phi) is 3.94. The number of urea groups is 1. The van der Waals surface area contributed by atoms with E-state index >= 15 is 0 Å².